The Kier molecular flexibility index (Phi) is 5.68. The van der Waals surface area contributed by atoms with E-state index in [0.29, 0.717) is 12.1 Å². The van der Waals surface area contributed by atoms with Crippen LogP contribution in [0.2, 0.25) is 0 Å². The second kappa shape index (κ2) is 7.28. The smallest absolute Gasteiger partial charge is 0.237 e. The largest absolute Gasteiger partial charge is 0.352 e. The molecule has 2 saturated carbocycles. The van der Waals surface area contributed by atoms with Gasteiger partial charge >= 0.3 is 0 Å². The van der Waals surface area contributed by atoms with Crippen LogP contribution in [0.5, 0.6) is 0 Å². The van der Waals surface area contributed by atoms with Gasteiger partial charge in [-0.2, -0.15) is 0 Å². The van der Waals surface area contributed by atoms with Gasteiger partial charge in [-0.15, -0.1) is 0 Å². The van der Waals surface area contributed by atoms with Gasteiger partial charge in [0.15, 0.2) is 0 Å². The molecule has 2 aliphatic rings. The van der Waals surface area contributed by atoms with E-state index in [2.05, 4.69) is 17.6 Å². The Balaban J connectivity index is 1.71. The second-order valence-corrected chi connectivity index (χ2v) is 6.57. The minimum Gasteiger partial charge on any atom is -0.352 e. The van der Waals surface area contributed by atoms with E-state index in [0.717, 1.165) is 18.8 Å². The molecule has 3 heteroatoms. The van der Waals surface area contributed by atoms with E-state index in [1.54, 1.807) is 0 Å². The van der Waals surface area contributed by atoms with E-state index < -0.39 is 0 Å². The fraction of sp³-hybridized carbons (Fsp3) is 0.938. The summed E-state index contributed by atoms with van der Waals surface area (Å²) in [5.74, 6) is 0.960. The molecule has 2 atom stereocenters. The van der Waals surface area contributed by atoms with Crippen molar-refractivity contribution in [2.45, 2.75) is 89.8 Å². The fourth-order valence-corrected chi connectivity index (χ4v) is 3.64. The van der Waals surface area contributed by atoms with Crippen LogP contribution in [0.25, 0.3) is 0 Å². The number of hydrogen-bond acceptors (Lipinski definition) is 2. The zero-order chi connectivity index (χ0) is 13.7. The third-order valence-electron chi connectivity index (χ3n) is 4.96. The predicted octanol–water partition coefficient (Wildman–Crippen LogP) is 2.99. The maximum atomic E-state index is 12.2. The standard InChI is InChI=1S/C16H30N2O/c1-12(14-8-6-7-9-14)17-13(2)16(19)18-15-10-4-3-5-11-15/h12-15,17H,3-11H2,1-2H3,(H,18,19). The van der Waals surface area contributed by atoms with E-state index >= 15 is 0 Å². The van der Waals surface area contributed by atoms with Crippen LogP contribution in [0.15, 0.2) is 0 Å². The average Bonchev–Trinajstić information content (AvgIpc) is 2.93. The summed E-state index contributed by atoms with van der Waals surface area (Å²) in [4.78, 5) is 12.2. The van der Waals surface area contributed by atoms with Gasteiger partial charge in [0.2, 0.25) is 5.91 Å². The first-order valence-corrected chi connectivity index (χ1v) is 8.23. The highest BCUT2D eigenvalue weighted by Gasteiger charge is 2.25. The predicted molar refractivity (Wildman–Crippen MR) is 79.0 cm³/mol. The minimum absolute atomic E-state index is 0.0578. The Morgan fingerprint density at radius 3 is 2.16 bits per heavy atom. The van der Waals surface area contributed by atoms with Crippen LogP contribution < -0.4 is 10.6 Å². The normalized spacial score (nSPS) is 25.2. The van der Waals surface area contributed by atoms with Gasteiger partial charge in [0.25, 0.3) is 0 Å². The van der Waals surface area contributed by atoms with Crippen molar-refractivity contribution in [1.82, 2.24) is 10.6 Å². The van der Waals surface area contributed by atoms with E-state index in [1.165, 1.54) is 44.9 Å². The Hall–Kier alpha value is -0.570. The molecule has 0 aliphatic heterocycles. The molecule has 0 aromatic heterocycles. The van der Waals surface area contributed by atoms with Crippen molar-refractivity contribution < 1.29 is 4.79 Å². The molecule has 0 radical (unpaired) electrons. The third-order valence-corrected chi connectivity index (χ3v) is 4.96. The quantitative estimate of drug-likeness (QED) is 0.803. The summed E-state index contributed by atoms with van der Waals surface area (Å²) in [5, 5.41) is 6.71. The summed E-state index contributed by atoms with van der Waals surface area (Å²) >= 11 is 0. The first-order valence-electron chi connectivity index (χ1n) is 8.23. The number of carbonyl (C=O) groups excluding carboxylic acids is 1. The van der Waals surface area contributed by atoms with Crippen LogP contribution in [0.1, 0.15) is 71.6 Å². The zero-order valence-corrected chi connectivity index (χ0v) is 12.6. The lowest BCUT2D eigenvalue weighted by atomic mass is 9.95. The maximum Gasteiger partial charge on any atom is 0.237 e. The molecule has 1 amide bonds. The van der Waals surface area contributed by atoms with E-state index in [9.17, 15) is 4.79 Å². The molecule has 2 rings (SSSR count). The molecule has 2 fully saturated rings. The van der Waals surface area contributed by atoms with E-state index in [-0.39, 0.29) is 11.9 Å². The van der Waals surface area contributed by atoms with Crippen molar-refractivity contribution in [1.29, 1.82) is 0 Å². The summed E-state index contributed by atoms with van der Waals surface area (Å²) in [6.07, 6.45) is 11.6. The highest BCUT2D eigenvalue weighted by molar-refractivity contribution is 5.81. The number of amides is 1. The van der Waals surface area contributed by atoms with Gasteiger partial charge in [0, 0.05) is 12.1 Å². The molecule has 0 aromatic rings. The monoisotopic (exact) mass is 266 g/mol. The Morgan fingerprint density at radius 1 is 0.947 bits per heavy atom. The number of hydrogen-bond donors (Lipinski definition) is 2. The number of carbonyl (C=O) groups is 1. The zero-order valence-electron chi connectivity index (χ0n) is 12.6. The van der Waals surface area contributed by atoms with Crippen LogP contribution >= 0.6 is 0 Å². The summed E-state index contributed by atoms with van der Waals surface area (Å²) in [7, 11) is 0. The fourth-order valence-electron chi connectivity index (χ4n) is 3.64. The van der Waals surface area contributed by atoms with E-state index in [1.807, 2.05) is 6.92 Å². The molecule has 19 heavy (non-hydrogen) atoms. The van der Waals surface area contributed by atoms with Crippen molar-refractivity contribution in [2.75, 3.05) is 0 Å². The molecule has 0 saturated heterocycles. The summed E-state index contributed by atoms with van der Waals surface area (Å²) in [6, 6.07) is 0.833. The van der Waals surface area contributed by atoms with Crippen molar-refractivity contribution in [2.24, 2.45) is 5.92 Å². The molecule has 0 spiro atoms. The van der Waals surface area contributed by atoms with Gasteiger partial charge in [0.1, 0.15) is 0 Å². The van der Waals surface area contributed by atoms with Crippen LogP contribution in [0, 0.1) is 5.92 Å². The Morgan fingerprint density at radius 2 is 1.53 bits per heavy atom. The lowest BCUT2D eigenvalue weighted by Gasteiger charge is -2.27. The average molecular weight is 266 g/mol. The van der Waals surface area contributed by atoms with Crippen LogP contribution in [0.3, 0.4) is 0 Å². The number of nitrogens with one attached hydrogen (secondary N) is 2. The van der Waals surface area contributed by atoms with Crippen molar-refractivity contribution >= 4 is 5.91 Å². The summed E-state index contributed by atoms with van der Waals surface area (Å²) in [6.45, 7) is 4.24. The van der Waals surface area contributed by atoms with Crippen LogP contribution in [-0.2, 0) is 4.79 Å². The summed E-state index contributed by atoms with van der Waals surface area (Å²) < 4.78 is 0. The van der Waals surface area contributed by atoms with Crippen molar-refractivity contribution in [3.05, 3.63) is 0 Å². The molecular formula is C16H30N2O. The maximum absolute atomic E-state index is 12.2. The van der Waals surface area contributed by atoms with Gasteiger partial charge in [-0.05, 0) is 45.4 Å². The molecule has 0 bridgehead atoms. The van der Waals surface area contributed by atoms with Crippen LogP contribution in [-0.4, -0.2) is 24.0 Å². The summed E-state index contributed by atoms with van der Waals surface area (Å²) in [5.41, 5.74) is 0. The van der Waals surface area contributed by atoms with Gasteiger partial charge < -0.3 is 10.6 Å². The van der Waals surface area contributed by atoms with Gasteiger partial charge in [-0.3, -0.25) is 4.79 Å². The Labute approximate surface area is 117 Å². The first-order chi connectivity index (χ1) is 9.16. The highest BCUT2D eigenvalue weighted by Crippen LogP contribution is 2.27. The molecule has 2 N–H and O–H groups in total. The van der Waals surface area contributed by atoms with Crippen molar-refractivity contribution in [3.8, 4) is 0 Å². The van der Waals surface area contributed by atoms with Crippen LogP contribution in [0.4, 0.5) is 0 Å². The highest BCUT2D eigenvalue weighted by atomic mass is 16.2. The molecular weight excluding hydrogens is 236 g/mol. The molecule has 2 unspecified atom stereocenters. The molecule has 0 heterocycles. The molecule has 3 nitrogen and oxygen atoms in total. The van der Waals surface area contributed by atoms with Gasteiger partial charge in [0.05, 0.1) is 6.04 Å². The first kappa shape index (κ1) is 14.8. The topological polar surface area (TPSA) is 41.1 Å². The SMILES string of the molecule is CC(NC(C)C1CCCC1)C(=O)NC1CCCCC1. The Bertz CT molecular complexity index is 280. The van der Waals surface area contributed by atoms with Gasteiger partial charge in [-0.1, -0.05) is 32.1 Å². The number of rotatable bonds is 5. The van der Waals surface area contributed by atoms with Gasteiger partial charge in [-0.25, -0.2) is 0 Å². The van der Waals surface area contributed by atoms with E-state index in [4.69, 9.17) is 0 Å². The molecule has 2 aliphatic carbocycles. The van der Waals surface area contributed by atoms with Crippen molar-refractivity contribution in [3.63, 3.8) is 0 Å². The second-order valence-electron chi connectivity index (χ2n) is 6.57. The molecule has 110 valence electrons. The molecule has 0 aromatic carbocycles. The third kappa shape index (κ3) is 4.48. The lowest BCUT2D eigenvalue weighted by Crippen LogP contribution is -2.50. The lowest BCUT2D eigenvalue weighted by molar-refractivity contribution is -0.123. The minimum atomic E-state index is -0.0578.